The van der Waals surface area contributed by atoms with Crippen molar-refractivity contribution in [1.29, 1.82) is 0 Å². The topological polar surface area (TPSA) is 89.5 Å². The molecule has 0 aliphatic carbocycles. The number of nitrogens with one attached hydrogen (secondary N) is 1. The van der Waals surface area contributed by atoms with E-state index < -0.39 is 4.92 Å². The van der Waals surface area contributed by atoms with Crippen molar-refractivity contribution in [1.82, 2.24) is 9.99 Å². The average molecular weight is 451 g/mol. The summed E-state index contributed by atoms with van der Waals surface area (Å²) >= 11 is 1.42. The molecular weight excluding hydrogens is 424 g/mol. The lowest BCUT2D eigenvalue weighted by molar-refractivity contribution is -0.384. The maximum Gasteiger partial charge on any atom is 0.269 e. The quantitative estimate of drug-likeness (QED) is 0.297. The fourth-order valence-corrected chi connectivity index (χ4v) is 4.36. The Morgan fingerprint density at radius 3 is 2.38 bits per heavy atom. The number of rotatable bonds is 8. The van der Waals surface area contributed by atoms with Gasteiger partial charge in [-0.05, 0) is 62.6 Å². The van der Waals surface area contributed by atoms with Crippen molar-refractivity contribution in [2.24, 2.45) is 5.10 Å². The first-order valence-electron chi connectivity index (χ1n) is 10.1. The number of hydrogen-bond donors (Lipinski definition) is 1. The van der Waals surface area contributed by atoms with E-state index in [0.717, 1.165) is 28.2 Å². The summed E-state index contributed by atoms with van der Waals surface area (Å²) in [6.45, 7) is 8.26. The molecule has 0 radical (unpaired) electrons. The van der Waals surface area contributed by atoms with E-state index in [4.69, 9.17) is 0 Å². The van der Waals surface area contributed by atoms with Gasteiger partial charge in [-0.2, -0.15) is 5.10 Å². The van der Waals surface area contributed by atoms with E-state index in [9.17, 15) is 14.9 Å². The SMILES string of the molecule is Cc1cc(C)cc(-n2c(C)cc(/C=N/NC(=O)CSCc3ccc([N+](=O)[O-])cc3)c2C)c1. The number of nitro benzene ring substituents is 1. The predicted octanol–water partition coefficient (Wildman–Crippen LogP) is 5.00. The maximum absolute atomic E-state index is 12.1. The number of nitro groups is 1. The predicted molar refractivity (Wildman–Crippen MR) is 130 cm³/mol. The molecule has 1 N–H and O–H groups in total. The summed E-state index contributed by atoms with van der Waals surface area (Å²) in [4.78, 5) is 22.3. The summed E-state index contributed by atoms with van der Waals surface area (Å²) in [5.41, 5.74) is 10.2. The van der Waals surface area contributed by atoms with E-state index >= 15 is 0 Å². The van der Waals surface area contributed by atoms with Gasteiger partial charge in [0, 0.05) is 40.5 Å². The number of nitrogens with zero attached hydrogens (tertiary/aromatic N) is 3. The second kappa shape index (κ2) is 10.3. The van der Waals surface area contributed by atoms with E-state index in [1.807, 2.05) is 13.0 Å². The van der Waals surface area contributed by atoms with E-state index in [1.165, 1.54) is 35.0 Å². The molecule has 1 heterocycles. The minimum absolute atomic E-state index is 0.0581. The molecule has 166 valence electrons. The van der Waals surface area contributed by atoms with Gasteiger partial charge in [0.2, 0.25) is 5.91 Å². The van der Waals surface area contributed by atoms with Crippen LogP contribution in [0.3, 0.4) is 0 Å². The Labute approximate surface area is 191 Å². The van der Waals surface area contributed by atoms with Crippen LogP contribution in [0.15, 0.2) is 53.6 Å². The van der Waals surface area contributed by atoms with Gasteiger partial charge >= 0.3 is 0 Å². The lowest BCUT2D eigenvalue weighted by Gasteiger charge is -2.11. The van der Waals surface area contributed by atoms with E-state index in [2.05, 4.69) is 54.1 Å². The summed E-state index contributed by atoms with van der Waals surface area (Å²) < 4.78 is 2.18. The molecule has 0 aliphatic heterocycles. The van der Waals surface area contributed by atoms with Crippen molar-refractivity contribution in [2.75, 3.05) is 5.75 Å². The molecular formula is C24H26N4O3S. The highest BCUT2D eigenvalue weighted by molar-refractivity contribution is 7.99. The van der Waals surface area contributed by atoms with Gasteiger partial charge in [-0.25, -0.2) is 5.43 Å². The number of aryl methyl sites for hydroxylation is 3. The molecule has 3 rings (SSSR count). The van der Waals surface area contributed by atoms with Crippen molar-refractivity contribution < 1.29 is 9.72 Å². The van der Waals surface area contributed by atoms with Gasteiger partial charge in [-0.3, -0.25) is 14.9 Å². The van der Waals surface area contributed by atoms with Crippen LogP contribution >= 0.6 is 11.8 Å². The van der Waals surface area contributed by atoms with Gasteiger partial charge in [0.1, 0.15) is 0 Å². The zero-order valence-electron chi connectivity index (χ0n) is 18.6. The van der Waals surface area contributed by atoms with Crippen molar-refractivity contribution >= 4 is 29.6 Å². The second-order valence-electron chi connectivity index (χ2n) is 7.72. The van der Waals surface area contributed by atoms with Crippen LogP contribution in [0.2, 0.25) is 0 Å². The number of amides is 1. The first-order chi connectivity index (χ1) is 15.2. The Bertz CT molecular complexity index is 1150. The van der Waals surface area contributed by atoms with Crippen molar-refractivity contribution in [3.63, 3.8) is 0 Å². The van der Waals surface area contributed by atoms with Crippen molar-refractivity contribution in [2.45, 2.75) is 33.4 Å². The molecule has 0 saturated heterocycles. The van der Waals surface area contributed by atoms with Gasteiger partial charge in [-0.15, -0.1) is 11.8 Å². The Morgan fingerprint density at radius 1 is 1.09 bits per heavy atom. The summed E-state index contributed by atoms with van der Waals surface area (Å²) in [5.74, 6) is 0.638. The number of benzene rings is 2. The Kier molecular flexibility index (Phi) is 7.48. The molecule has 0 bridgehead atoms. The van der Waals surface area contributed by atoms with Gasteiger partial charge < -0.3 is 4.57 Å². The number of carbonyl (C=O) groups is 1. The van der Waals surface area contributed by atoms with Crippen LogP contribution < -0.4 is 5.43 Å². The number of thioether (sulfide) groups is 1. The van der Waals surface area contributed by atoms with Gasteiger partial charge in [0.15, 0.2) is 0 Å². The highest BCUT2D eigenvalue weighted by Crippen LogP contribution is 2.22. The first-order valence-corrected chi connectivity index (χ1v) is 11.3. The standard InChI is InChI=1S/C24H26N4O3S/c1-16-9-17(2)11-23(10-16)27-18(3)12-21(19(27)4)13-25-26-24(29)15-32-14-20-5-7-22(8-6-20)28(30)31/h5-13H,14-15H2,1-4H3,(H,26,29)/b25-13+. The molecule has 2 aromatic carbocycles. The Balaban J connectivity index is 1.55. The Hall–Kier alpha value is -3.39. The minimum atomic E-state index is -0.429. The van der Waals surface area contributed by atoms with Crippen molar-refractivity contribution in [3.8, 4) is 5.69 Å². The highest BCUT2D eigenvalue weighted by atomic mass is 32.2. The summed E-state index contributed by atoms with van der Waals surface area (Å²) in [5, 5.41) is 14.8. The lowest BCUT2D eigenvalue weighted by Crippen LogP contribution is -2.19. The summed E-state index contributed by atoms with van der Waals surface area (Å²) in [6, 6.07) is 14.8. The van der Waals surface area contributed by atoms with Gasteiger partial charge in [-0.1, -0.05) is 18.2 Å². The van der Waals surface area contributed by atoms with Crippen LogP contribution in [0.1, 0.15) is 33.6 Å². The summed E-state index contributed by atoms with van der Waals surface area (Å²) in [7, 11) is 0. The molecule has 1 aromatic heterocycles. The van der Waals surface area contributed by atoms with Crippen LogP contribution in [0, 0.1) is 37.8 Å². The largest absolute Gasteiger partial charge is 0.318 e. The normalized spacial score (nSPS) is 11.1. The molecule has 32 heavy (non-hydrogen) atoms. The third-order valence-corrected chi connectivity index (χ3v) is 5.98. The van der Waals surface area contributed by atoms with Crippen LogP contribution in [-0.4, -0.2) is 27.4 Å². The van der Waals surface area contributed by atoms with Gasteiger partial charge in [0.05, 0.1) is 16.9 Å². The average Bonchev–Trinajstić information content (AvgIpc) is 3.01. The highest BCUT2D eigenvalue weighted by Gasteiger charge is 2.10. The first kappa shape index (κ1) is 23.3. The molecule has 0 saturated carbocycles. The minimum Gasteiger partial charge on any atom is -0.318 e. The zero-order chi connectivity index (χ0) is 23.3. The smallest absolute Gasteiger partial charge is 0.269 e. The lowest BCUT2D eigenvalue weighted by atomic mass is 10.1. The molecule has 8 heteroatoms. The van der Waals surface area contributed by atoms with Crippen LogP contribution in [0.25, 0.3) is 5.69 Å². The van der Waals surface area contributed by atoms with Gasteiger partial charge in [0.25, 0.3) is 5.69 Å². The van der Waals surface area contributed by atoms with E-state index in [-0.39, 0.29) is 17.3 Å². The molecule has 0 aliphatic rings. The molecule has 3 aromatic rings. The Morgan fingerprint density at radius 2 is 1.75 bits per heavy atom. The second-order valence-corrected chi connectivity index (χ2v) is 8.70. The van der Waals surface area contributed by atoms with Crippen LogP contribution in [0.5, 0.6) is 0 Å². The van der Waals surface area contributed by atoms with E-state index in [0.29, 0.717) is 5.75 Å². The number of hydrazone groups is 1. The fraction of sp³-hybridized carbons (Fsp3) is 0.250. The van der Waals surface area contributed by atoms with Crippen molar-refractivity contribution in [3.05, 3.63) is 92.3 Å². The number of non-ortho nitro benzene ring substituents is 1. The molecule has 0 atom stereocenters. The zero-order valence-corrected chi connectivity index (χ0v) is 19.4. The van der Waals surface area contributed by atoms with E-state index in [1.54, 1.807) is 18.3 Å². The molecule has 0 unspecified atom stereocenters. The fourth-order valence-electron chi connectivity index (χ4n) is 3.58. The van der Waals surface area contributed by atoms with Crippen LogP contribution in [-0.2, 0) is 10.5 Å². The van der Waals surface area contributed by atoms with Crippen LogP contribution in [0.4, 0.5) is 5.69 Å². The third kappa shape index (κ3) is 5.85. The molecule has 0 spiro atoms. The third-order valence-electron chi connectivity index (χ3n) is 4.98. The summed E-state index contributed by atoms with van der Waals surface area (Å²) in [6.07, 6.45) is 1.67. The monoisotopic (exact) mass is 450 g/mol. The maximum atomic E-state index is 12.1. The molecule has 0 fully saturated rings. The molecule has 7 nitrogen and oxygen atoms in total. The number of aromatic nitrogens is 1. The number of hydrogen-bond acceptors (Lipinski definition) is 5. The molecule has 1 amide bonds. The number of carbonyl (C=O) groups excluding carboxylic acids is 1.